The molecule has 0 aromatic rings. The van der Waals surface area contributed by atoms with Gasteiger partial charge >= 0.3 is 17.9 Å². The minimum atomic E-state index is -1.32. The van der Waals surface area contributed by atoms with Gasteiger partial charge in [-0.3, -0.25) is 14.4 Å². The van der Waals surface area contributed by atoms with Crippen LogP contribution in [0.5, 0.6) is 0 Å². The zero-order valence-electron chi connectivity index (χ0n) is 14.0. The van der Waals surface area contributed by atoms with Crippen molar-refractivity contribution in [3.8, 4) is 0 Å². The van der Waals surface area contributed by atoms with Crippen molar-refractivity contribution in [1.29, 1.82) is 0 Å². The van der Waals surface area contributed by atoms with E-state index in [2.05, 4.69) is 4.84 Å². The maximum Gasteiger partial charge on any atom is 0.303 e. The minimum Gasteiger partial charge on any atom is -0.456 e. The number of nitrogens with zero attached hydrogens (tertiary/aromatic N) is 1. The molecule has 12 heteroatoms. The second-order valence-corrected chi connectivity index (χ2v) is 5.02. The van der Waals surface area contributed by atoms with Crippen molar-refractivity contribution < 1.29 is 48.0 Å². The zero-order valence-corrected chi connectivity index (χ0v) is 14.0. The molecule has 0 saturated carbocycles. The lowest BCUT2D eigenvalue weighted by Gasteiger charge is -2.43. The summed E-state index contributed by atoms with van der Waals surface area (Å²) in [6.45, 7) is 2.66. The van der Waals surface area contributed by atoms with E-state index in [1.165, 1.54) is 7.11 Å². The van der Waals surface area contributed by atoms with E-state index in [0.717, 1.165) is 20.8 Å². The number of esters is 3. The summed E-state index contributed by atoms with van der Waals surface area (Å²) < 4.78 is 25.7. The Kier molecular flexibility index (Phi) is 7.51. The van der Waals surface area contributed by atoms with Gasteiger partial charge in [-0.2, -0.15) is 0 Å². The van der Waals surface area contributed by atoms with E-state index < -0.39 is 60.3 Å². The lowest BCUT2D eigenvalue weighted by atomic mass is 9.98. The van der Waals surface area contributed by atoms with Crippen LogP contribution < -0.4 is 0 Å². The first kappa shape index (κ1) is 20.6. The Morgan fingerprint density at radius 1 is 0.960 bits per heavy atom. The summed E-state index contributed by atoms with van der Waals surface area (Å²) in [5.74, 6) is -2.26. The van der Waals surface area contributed by atoms with Gasteiger partial charge in [0.15, 0.2) is 24.6 Å². The maximum absolute atomic E-state index is 11.4. The fourth-order valence-electron chi connectivity index (χ4n) is 2.31. The highest BCUT2D eigenvalue weighted by molar-refractivity contribution is 5.68. The molecule has 142 valence electrons. The predicted octanol–water partition coefficient (Wildman–Crippen LogP) is -0.639. The van der Waals surface area contributed by atoms with Crippen LogP contribution in [0, 0.1) is 10.1 Å². The van der Waals surface area contributed by atoms with Crippen molar-refractivity contribution in [3.05, 3.63) is 10.1 Å². The van der Waals surface area contributed by atoms with Crippen molar-refractivity contribution in [3.63, 3.8) is 0 Å². The fraction of sp³-hybridized carbons (Fsp3) is 0.769. The molecule has 1 aliphatic rings. The van der Waals surface area contributed by atoms with Gasteiger partial charge in [0, 0.05) is 27.9 Å². The van der Waals surface area contributed by atoms with Crippen LogP contribution in [-0.2, 0) is 42.9 Å². The van der Waals surface area contributed by atoms with E-state index in [9.17, 15) is 24.5 Å². The van der Waals surface area contributed by atoms with Crippen molar-refractivity contribution in [2.45, 2.75) is 51.5 Å². The van der Waals surface area contributed by atoms with Crippen molar-refractivity contribution in [2.75, 3.05) is 13.7 Å². The molecule has 1 heterocycles. The molecule has 0 radical (unpaired) electrons. The second-order valence-electron chi connectivity index (χ2n) is 5.02. The van der Waals surface area contributed by atoms with Crippen LogP contribution in [-0.4, -0.2) is 67.4 Å². The Labute approximate surface area is 142 Å². The Bertz CT molecular complexity index is 522. The lowest BCUT2D eigenvalue weighted by molar-refractivity contribution is -0.760. The summed E-state index contributed by atoms with van der Waals surface area (Å²) in [4.78, 5) is 48.8. The average molecular weight is 365 g/mol. The van der Waals surface area contributed by atoms with Crippen molar-refractivity contribution >= 4 is 17.9 Å². The Balaban J connectivity index is 3.18. The van der Waals surface area contributed by atoms with E-state index in [-0.39, 0.29) is 0 Å². The zero-order chi connectivity index (χ0) is 19.1. The Morgan fingerprint density at radius 3 is 1.88 bits per heavy atom. The van der Waals surface area contributed by atoms with Crippen molar-refractivity contribution in [1.82, 2.24) is 0 Å². The number of rotatable bonds is 7. The highest BCUT2D eigenvalue weighted by atomic mass is 17.0. The van der Waals surface area contributed by atoms with Gasteiger partial charge in [0.25, 0.3) is 5.09 Å². The normalized spacial score (nSPS) is 28.6. The second kappa shape index (κ2) is 9.13. The fourth-order valence-corrected chi connectivity index (χ4v) is 2.31. The predicted molar refractivity (Wildman–Crippen MR) is 75.3 cm³/mol. The molecular formula is C13H19NO11. The standard InChI is InChI=1S/C13H19NO11/c1-6(15)22-10-9(5-21-14(18)19)25-13(20-4)12(24-8(3)17)11(10)23-7(2)16/h9-13H,5H2,1-4H3/t9-,10-,11-,12-,13+/m1/s1. The average Bonchev–Trinajstić information content (AvgIpc) is 2.48. The van der Waals surface area contributed by atoms with Crippen molar-refractivity contribution in [2.24, 2.45) is 0 Å². The largest absolute Gasteiger partial charge is 0.456 e. The Morgan fingerprint density at radius 2 is 1.44 bits per heavy atom. The molecule has 25 heavy (non-hydrogen) atoms. The quantitative estimate of drug-likeness (QED) is 0.245. The van der Waals surface area contributed by atoms with Crippen LogP contribution in [0.15, 0.2) is 0 Å². The number of carbonyl (C=O) groups excluding carboxylic acids is 3. The lowest BCUT2D eigenvalue weighted by Crippen LogP contribution is -2.62. The number of hydrogen-bond donors (Lipinski definition) is 0. The number of methoxy groups -OCH3 is 1. The summed E-state index contributed by atoms with van der Waals surface area (Å²) in [6.07, 6.45) is -6.35. The number of hydrogen-bond acceptors (Lipinski definition) is 11. The van der Waals surface area contributed by atoms with Gasteiger partial charge < -0.3 is 28.5 Å². The molecule has 0 amide bonds. The molecular weight excluding hydrogens is 346 g/mol. The molecule has 0 N–H and O–H groups in total. The molecule has 0 bridgehead atoms. The number of ether oxygens (including phenoxy) is 5. The molecule has 0 spiro atoms. The van der Waals surface area contributed by atoms with Crippen LogP contribution in [0.25, 0.3) is 0 Å². The molecule has 0 unspecified atom stereocenters. The molecule has 0 aromatic heterocycles. The first-order valence-electron chi connectivity index (χ1n) is 7.13. The van der Waals surface area contributed by atoms with Gasteiger partial charge in [-0.25, -0.2) is 0 Å². The van der Waals surface area contributed by atoms with Crippen LogP contribution in [0.3, 0.4) is 0 Å². The molecule has 1 saturated heterocycles. The molecule has 1 aliphatic heterocycles. The van der Waals surface area contributed by atoms with E-state index in [1.54, 1.807) is 0 Å². The molecule has 0 aliphatic carbocycles. The minimum absolute atomic E-state index is 0.630. The third kappa shape index (κ3) is 6.15. The third-order valence-corrected chi connectivity index (χ3v) is 3.07. The van der Waals surface area contributed by atoms with E-state index in [1.807, 2.05) is 0 Å². The highest BCUT2D eigenvalue weighted by Gasteiger charge is 2.52. The topological polar surface area (TPSA) is 150 Å². The summed E-state index contributed by atoms with van der Waals surface area (Å²) in [5, 5.41) is 9.36. The summed E-state index contributed by atoms with van der Waals surface area (Å²) in [6, 6.07) is 0. The first-order valence-corrected chi connectivity index (χ1v) is 7.13. The van der Waals surface area contributed by atoms with Crippen LogP contribution in [0.4, 0.5) is 0 Å². The van der Waals surface area contributed by atoms with Gasteiger partial charge in [-0.15, -0.1) is 10.1 Å². The SMILES string of the molecule is CO[C@H]1O[C@H](CO[N+](=O)[O-])[C@@H](OC(C)=O)[C@@H](OC(C)=O)[C@H]1OC(C)=O. The first-order chi connectivity index (χ1) is 11.6. The van der Waals surface area contributed by atoms with Crippen LogP contribution in [0.2, 0.25) is 0 Å². The van der Waals surface area contributed by atoms with Crippen LogP contribution >= 0.6 is 0 Å². The molecule has 5 atom stereocenters. The third-order valence-electron chi connectivity index (χ3n) is 3.07. The smallest absolute Gasteiger partial charge is 0.303 e. The highest BCUT2D eigenvalue weighted by Crippen LogP contribution is 2.29. The van der Waals surface area contributed by atoms with Crippen LogP contribution in [0.1, 0.15) is 20.8 Å². The maximum atomic E-state index is 11.4. The summed E-state index contributed by atoms with van der Waals surface area (Å²) in [7, 11) is 1.23. The molecule has 0 aromatic carbocycles. The molecule has 1 rings (SSSR count). The summed E-state index contributed by atoms with van der Waals surface area (Å²) in [5.41, 5.74) is 0. The van der Waals surface area contributed by atoms with E-state index in [4.69, 9.17) is 23.7 Å². The van der Waals surface area contributed by atoms with E-state index in [0.29, 0.717) is 0 Å². The van der Waals surface area contributed by atoms with Gasteiger partial charge in [-0.1, -0.05) is 0 Å². The van der Waals surface area contributed by atoms with Gasteiger partial charge in [0.05, 0.1) is 0 Å². The van der Waals surface area contributed by atoms with Gasteiger partial charge in [0.2, 0.25) is 0 Å². The number of carbonyl (C=O) groups is 3. The molecule has 1 fully saturated rings. The van der Waals surface area contributed by atoms with Gasteiger partial charge in [-0.05, 0) is 0 Å². The van der Waals surface area contributed by atoms with E-state index >= 15 is 0 Å². The molecule has 12 nitrogen and oxygen atoms in total. The monoisotopic (exact) mass is 365 g/mol. The van der Waals surface area contributed by atoms with Gasteiger partial charge in [0.1, 0.15) is 12.7 Å². The summed E-state index contributed by atoms with van der Waals surface area (Å²) >= 11 is 0. The Hall–Kier alpha value is -2.47.